The largest absolute Gasteiger partial charge is 0.469 e. The molecule has 0 aliphatic heterocycles. The molecule has 1 aliphatic carbocycles. The van der Waals surface area contributed by atoms with Crippen molar-refractivity contribution in [2.45, 2.75) is 38.6 Å². The molecule has 5 heteroatoms. The molecular formula is C16H21NO3S. The molecule has 0 atom stereocenters. The van der Waals surface area contributed by atoms with Crippen molar-refractivity contribution in [1.82, 2.24) is 5.32 Å². The molecule has 1 aliphatic rings. The molecule has 1 saturated carbocycles. The van der Waals surface area contributed by atoms with E-state index in [4.69, 9.17) is 4.74 Å². The number of carbonyl (C=O) groups is 2. The zero-order chi connectivity index (χ0) is 15.2. The fraction of sp³-hybridized carbons (Fsp3) is 0.500. The first kappa shape index (κ1) is 15.8. The van der Waals surface area contributed by atoms with Crippen molar-refractivity contribution in [3.05, 3.63) is 28.0 Å². The Bertz CT molecular complexity index is 527. The Labute approximate surface area is 129 Å². The van der Waals surface area contributed by atoms with Gasteiger partial charge in [-0.3, -0.25) is 9.59 Å². The van der Waals surface area contributed by atoms with Crippen LogP contribution in [-0.2, 0) is 14.3 Å². The first-order valence-electron chi connectivity index (χ1n) is 7.21. The average molecular weight is 307 g/mol. The van der Waals surface area contributed by atoms with Crippen LogP contribution in [0.5, 0.6) is 0 Å². The summed E-state index contributed by atoms with van der Waals surface area (Å²) in [6.45, 7) is 2.04. The van der Waals surface area contributed by atoms with Crippen molar-refractivity contribution >= 4 is 29.3 Å². The summed E-state index contributed by atoms with van der Waals surface area (Å²) < 4.78 is 4.76. The maximum atomic E-state index is 11.9. The molecule has 1 fully saturated rings. The predicted molar refractivity (Wildman–Crippen MR) is 84.0 cm³/mol. The number of ether oxygens (including phenoxy) is 1. The third-order valence-corrected chi connectivity index (χ3v) is 4.73. The van der Waals surface area contributed by atoms with Gasteiger partial charge in [-0.15, -0.1) is 11.3 Å². The van der Waals surface area contributed by atoms with Gasteiger partial charge in [-0.25, -0.2) is 0 Å². The maximum absolute atomic E-state index is 11.9. The fourth-order valence-corrected chi connectivity index (χ4v) is 3.37. The van der Waals surface area contributed by atoms with Gasteiger partial charge in [0, 0.05) is 21.9 Å². The number of carbonyl (C=O) groups excluding carboxylic acids is 2. The Balaban J connectivity index is 1.77. The van der Waals surface area contributed by atoms with Crippen LogP contribution < -0.4 is 5.32 Å². The molecule has 21 heavy (non-hydrogen) atoms. The van der Waals surface area contributed by atoms with Gasteiger partial charge >= 0.3 is 5.97 Å². The quantitative estimate of drug-likeness (QED) is 0.687. The molecule has 1 N–H and O–H groups in total. The van der Waals surface area contributed by atoms with Crippen LogP contribution >= 0.6 is 11.3 Å². The minimum atomic E-state index is -0.132. The van der Waals surface area contributed by atoms with E-state index in [2.05, 4.69) is 5.32 Å². The minimum Gasteiger partial charge on any atom is -0.469 e. The summed E-state index contributed by atoms with van der Waals surface area (Å²) in [5.41, 5.74) is 0. The lowest BCUT2D eigenvalue weighted by atomic mass is 9.86. The van der Waals surface area contributed by atoms with E-state index in [0.29, 0.717) is 0 Å². The van der Waals surface area contributed by atoms with E-state index >= 15 is 0 Å². The molecule has 1 heterocycles. The summed E-state index contributed by atoms with van der Waals surface area (Å²) in [6.07, 6.45) is 6.65. The monoisotopic (exact) mass is 307 g/mol. The minimum absolute atomic E-state index is 0.00668. The lowest BCUT2D eigenvalue weighted by Crippen LogP contribution is -2.38. The molecule has 0 unspecified atom stereocenters. The van der Waals surface area contributed by atoms with Crippen molar-refractivity contribution in [2.75, 3.05) is 7.11 Å². The zero-order valence-corrected chi connectivity index (χ0v) is 13.2. The van der Waals surface area contributed by atoms with Gasteiger partial charge in [-0.1, -0.05) is 0 Å². The highest BCUT2D eigenvalue weighted by atomic mass is 32.1. The molecule has 1 amide bonds. The van der Waals surface area contributed by atoms with E-state index in [1.54, 1.807) is 17.4 Å². The Morgan fingerprint density at radius 3 is 2.57 bits per heavy atom. The van der Waals surface area contributed by atoms with E-state index in [1.807, 2.05) is 25.1 Å². The van der Waals surface area contributed by atoms with Crippen LogP contribution in [0.1, 0.15) is 35.4 Å². The number of hydrogen-bond acceptors (Lipinski definition) is 4. The Morgan fingerprint density at radius 1 is 1.29 bits per heavy atom. The predicted octanol–water partition coefficient (Wildman–Crippen LogP) is 2.92. The van der Waals surface area contributed by atoms with E-state index in [1.165, 1.54) is 12.0 Å². The molecule has 0 spiro atoms. The Kier molecular flexibility index (Phi) is 5.56. The highest BCUT2D eigenvalue weighted by molar-refractivity contribution is 7.12. The second-order valence-corrected chi connectivity index (χ2v) is 6.68. The van der Waals surface area contributed by atoms with Crippen molar-refractivity contribution < 1.29 is 14.3 Å². The molecule has 2 rings (SSSR count). The molecule has 0 bridgehead atoms. The Morgan fingerprint density at radius 2 is 2.00 bits per heavy atom. The van der Waals surface area contributed by atoms with Crippen molar-refractivity contribution in [1.29, 1.82) is 0 Å². The average Bonchev–Trinajstić information content (AvgIpc) is 2.91. The van der Waals surface area contributed by atoms with Gasteiger partial charge in [-0.2, -0.15) is 0 Å². The number of nitrogens with one attached hydrogen (secondary N) is 1. The van der Waals surface area contributed by atoms with Crippen molar-refractivity contribution in [2.24, 2.45) is 5.92 Å². The second kappa shape index (κ2) is 7.41. The first-order chi connectivity index (χ1) is 10.1. The van der Waals surface area contributed by atoms with E-state index in [-0.39, 0.29) is 23.8 Å². The molecule has 4 nitrogen and oxygen atoms in total. The molecular weight excluding hydrogens is 286 g/mol. The summed E-state index contributed by atoms with van der Waals surface area (Å²) in [5, 5.41) is 3.00. The molecule has 1 aromatic rings. The normalized spacial score (nSPS) is 22.2. The van der Waals surface area contributed by atoms with Gasteiger partial charge in [0.05, 0.1) is 13.0 Å². The highest BCUT2D eigenvalue weighted by Gasteiger charge is 2.27. The van der Waals surface area contributed by atoms with Crippen LogP contribution in [0.3, 0.4) is 0 Å². The van der Waals surface area contributed by atoms with Gasteiger partial charge in [0.15, 0.2) is 0 Å². The van der Waals surface area contributed by atoms with E-state index in [0.717, 1.165) is 30.6 Å². The number of amides is 1. The smallest absolute Gasteiger partial charge is 0.308 e. The summed E-state index contributed by atoms with van der Waals surface area (Å²) in [5.74, 6) is -0.205. The fourth-order valence-electron chi connectivity index (χ4n) is 2.59. The van der Waals surface area contributed by atoms with Gasteiger partial charge in [0.2, 0.25) is 5.91 Å². The van der Waals surface area contributed by atoms with Gasteiger partial charge in [0.1, 0.15) is 0 Å². The van der Waals surface area contributed by atoms with Gasteiger partial charge in [-0.05, 0) is 50.8 Å². The topological polar surface area (TPSA) is 55.4 Å². The van der Waals surface area contributed by atoms with Crippen LogP contribution in [0.4, 0.5) is 0 Å². The van der Waals surface area contributed by atoms with Crippen LogP contribution in [0, 0.1) is 12.8 Å². The highest BCUT2D eigenvalue weighted by Crippen LogP contribution is 2.25. The zero-order valence-electron chi connectivity index (χ0n) is 12.4. The van der Waals surface area contributed by atoms with Crippen molar-refractivity contribution in [3.8, 4) is 0 Å². The van der Waals surface area contributed by atoms with E-state index in [9.17, 15) is 9.59 Å². The first-order valence-corrected chi connectivity index (χ1v) is 8.03. The van der Waals surface area contributed by atoms with Gasteiger partial charge in [0.25, 0.3) is 0 Å². The molecule has 114 valence electrons. The van der Waals surface area contributed by atoms with Crippen LogP contribution in [0.2, 0.25) is 0 Å². The van der Waals surface area contributed by atoms with Crippen LogP contribution in [0.15, 0.2) is 18.2 Å². The maximum Gasteiger partial charge on any atom is 0.308 e. The van der Waals surface area contributed by atoms with E-state index < -0.39 is 0 Å². The second-order valence-electron chi connectivity index (χ2n) is 5.36. The summed E-state index contributed by atoms with van der Waals surface area (Å²) in [6, 6.07) is 4.20. The molecule has 0 radical (unpaired) electrons. The number of methoxy groups -OCH3 is 1. The molecule has 1 aromatic heterocycles. The number of rotatable bonds is 4. The van der Waals surface area contributed by atoms with Crippen LogP contribution in [0.25, 0.3) is 6.08 Å². The van der Waals surface area contributed by atoms with Crippen LogP contribution in [-0.4, -0.2) is 25.0 Å². The SMILES string of the molecule is COC(=O)C1CCC(NC(=O)/C=C/c2ccc(C)s2)CC1. The summed E-state index contributed by atoms with van der Waals surface area (Å²) >= 11 is 1.66. The Hall–Kier alpha value is -1.62. The van der Waals surface area contributed by atoms with Crippen molar-refractivity contribution in [3.63, 3.8) is 0 Å². The summed E-state index contributed by atoms with van der Waals surface area (Å²) in [4.78, 5) is 25.6. The molecule has 0 aromatic carbocycles. The molecule has 0 saturated heterocycles. The lowest BCUT2D eigenvalue weighted by Gasteiger charge is -2.27. The number of aryl methyl sites for hydroxylation is 1. The summed E-state index contributed by atoms with van der Waals surface area (Å²) in [7, 11) is 1.42. The number of hydrogen-bond donors (Lipinski definition) is 1. The number of esters is 1. The lowest BCUT2D eigenvalue weighted by molar-refractivity contribution is -0.146. The third-order valence-electron chi connectivity index (χ3n) is 3.77. The standard InChI is InChI=1S/C16H21NO3S/c1-11-3-8-14(21-11)9-10-15(18)17-13-6-4-12(5-7-13)16(19)20-2/h3,8-10,12-13H,4-7H2,1-2H3,(H,17,18)/b10-9+. The number of thiophene rings is 1. The van der Waals surface area contributed by atoms with Gasteiger partial charge < -0.3 is 10.1 Å². The third kappa shape index (κ3) is 4.70.